The molecule has 9 heteroatoms. The lowest BCUT2D eigenvalue weighted by Crippen LogP contribution is -2.44. The van der Waals surface area contributed by atoms with Gasteiger partial charge in [-0.3, -0.25) is 9.59 Å². The quantitative estimate of drug-likeness (QED) is 0.671. The largest absolute Gasteiger partial charge is 0.324 e. The number of halogens is 2. The molecule has 0 spiro atoms. The smallest absolute Gasteiger partial charge is 0.266 e. The van der Waals surface area contributed by atoms with Crippen LogP contribution in [-0.4, -0.2) is 39.4 Å². The fourth-order valence-electron chi connectivity index (χ4n) is 2.93. The van der Waals surface area contributed by atoms with Crippen molar-refractivity contribution in [2.75, 3.05) is 16.9 Å². The van der Waals surface area contributed by atoms with E-state index in [1.54, 1.807) is 24.3 Å². The van der Waals surface area contributed by atoms with Crippen LogP contribution >= 0.6 is 23.1 Å². The minimum absolute atomic E-state index is 0.327. The Hall–Kier alpha value is -2.78. The van der Waals surface area contributed by atoms with Gasteiger partial charge in [-0.1, -0.05) is 18.2 Å². The van der Waals surface area contributed by atoms with Crippen LogP contribution in [0.1, 0.15) is 9.67 Å². The molecule has 1 unspecified atom stereocenters. The topological polar surface area (TPSA) is 62.3 Å². The van der Waals surface area contributed by atoms with Crippen LogP contribution in [0.5, 0.6) is 0 Å². The number of thioether (sulfide) groups is 1. The number of aromatic nitrogens is 1. The van der Waals surface area contributed by atoms with E-state index in [-0.39, 0.29) is 11.8 Å². The molecule has 2 aromatic carbocycles. The van der Waals surface area contributed by atoms with Gasteiger partial charge in [-0.05, 0) is 30.3 Å². The Labute approximate surface area is 173 Å². The van der Waals surface area contributed by atoms with Crippen molar-refractivity contribution in [1.29, 1.82) is 0 Å². The molecule has 2 heterocycles. The number of nitrogens with zero attached hydrogens (tertiary/aromatic N) is 2. The van der Waals surface area contributed by atoms with Gasteiger partial charge in [-0.25, -0.2) is 13.8 Å². The minimum Gasteiger partial charge on any atom is -0.324 e. The molecule has 1 saturated heterocycles. The van der Waals surface area contributed by atoms with Crippen molar-refractivity contribution in [3.8, 4) is 10.6 Å². The normalized spacial score (nSPS) is 16.1. The number of carbonyl (C=O) groups is 2. The summed E-state index contributed by atoms with van der Waals surface area (Å²) in [6, 6.07) is 11.1. The van der Waals surface area contributed by atoms with Crippen molar-refractivity contribution in [3.63, 3.8) is 0 Å². The van der Waals surface area contributed by atoms with Crippen molar-refractivity contribution in [2.24, 2.45) is 0 Å². The fourth-order valence-corrected chi connectivity index (χ4v) is 4.98. The monoisotopic (exact) mass is 431 g/mol. The van der Waals surface area contributed by atoms with Crippen LogP contribution in [0.25, 0.3) is 10.6 Å². The zero-order valence-corrected chi connectivity index (χ0v) is 16.6. The van der Waals surface area contributed by atoms with Crippen molar-refractivity contribution in [3.05, 3.63) is 71.2 Å². The maximum absolute atomic E-state index is 14.0. The van der Waals surface area contributed by atoms with Crippen LogP contribution in [-0.2, 0) is 4.79 Å². The lowest BCUT2D eigenvalue weighted by Gasteiger charge is -2.22. The third-order valence-corrected chi connectivity index (χ3v) is 6.39. The van der Waals surface area contributed by atoms with Gasteiger partial charge in [0.15, 0.2) is 0 Å². The summed E-state index contributed by atoms with van der Waals surface area (Å²) in [5.41, 5.74) is 0.659. The third-order valence-electron chi connectivity index (χ3n) is 4.36. The van der Waals surface area contributed by atoms with Crippen LogP contribution in [0.3, 0.4) is 0 Å². The first kappa shape index (κ1) is 19.5. The highest BCUT2D eigenvalue weighted by molar-refractivity contribution is 7.99. The second-order valence-electron chi connectivity index (χ2n) is 6.30. The van der Waals surface area contributed by atoms with E-state index in [9.17, 15) is 18.4 Å². The van der Waals surface area contributed by atoms with Gasteiger partial charge < -0.3 is 10.2 Å². The Morgan fingerprint density at radius 2 is 1.97 bits per heavy atom. The summed E-state index contributed by atoms with van der Waals surface area (Å²) < 4.78 is 27.3. The van der Waals surface area contributed by atoms with Gasteiger partial charge in [-0.2, -0.15) is 0 Å². The molecule has 1 aliphatic heterocycles. The molecular weight excluding hydrogens is 416 g/mol. The number of anilines is 1. The van der Waals surface area contributed by atoms with Crippen molar-refractivity contribution in [1.82, 2.24) is 9.88 Å². The van der Waals surface area contributed by atoms with E-state index < -0.39 is 17.7 Å². The molecule has 29 heavy (non-hydrogen) atoms. The van der Waals surface area contributed by atoms with Gasteiger partial charge in [0.05, 0.1) is 12.1 Å². The molecule has 5 nitrogen and oxygen atoms in total. The predicted octanol–water partition coefficient (Wildman–Crippen LogP) is 4.24. The first-order valence-corrected chi connectivity index (χ1v) is 10.7. The molecule has 1 atom stereocenters. The molecule has 148 valence electrons. The molecule has 0 bridgehead atoms. The SMILES string of the molecule is O=C(Nc1cccc(F)c1)C1CSCN1C(=O)c1cnc(-c2ccccc2F)s1. The lowest BCUT2D eigenvalue weighted by molar-refractivity contribution is -0.119. The van der Waals surface area contributed by atoms with E-state index in [2.05, 4.69) is 10.3 Å². The number of amides is 2. The molecule has 1 aliphatic rings. The van der Waals surface area contributed by atoms with E-state index >= 15 is 0 Å². The molecule has 4 rings (SSSR count). The van der Waals surface area contributed by atoms with Crippen molar-refractivity contribution >= 4 is 40.6 Å². The summed E-state index contributed by atoms with van der Waals surface area (Å²) >= 11 is 2.54. The summed E-state index contributed by atoms with van der Waals surface area (Å²) in [7, 11) is 0. The van der Waals surface area contributed by atoms with Gasteiger partial charge in [0.25, 0.3) is 5.91 Å². The molecule has 1 aromatic heterocycles. The zero-order valence-electron chi connectivity index (χ0n) is 15.0. The highest BCUT2D eigenvalue weighted by Gasteiger charge is 2.36. The zero-order chi connectivity index (χ0) is 20.4. The summed E-state index contributed by atoms with van der Waals surface area (Å²) in [5.74, 6) is -0.798. The van der Waals surface area contributed by atoms with Crippen LogP contribution in [0.15, 0.2) is 54.7 Å². The molecule has 3 aromatic rings. The third kappa shape index (κ3) is 4.15. The van der Waals surface area contributed by atoms with Crippen LogP contribution in [0.2, 0.25) is 0 Å². The number of thiazole rings is 1. The standard InChI is InChI=1S/C20H15F2N3O2S2/c21-12-4-3-5-13(8-12)24-18(26)16-10-28-11-25(16)20(27)17-9-23-19(29-17)14-6-1-2-7-15(14)22/h1-9,16H,10-11H2,(H,24,26). The summed E-state index contributed by atoms with van der Waals surface area (Å²) in [6.45, 7) is 0. The van der Waals surface area contributed by atoms with Gasteiger partial charge in [0.1, 0.15) is 27.6 Å². The Bertz CT molecular complexity index is 1070. The number of hydrogen-bond donors (Lipinski definition) is 1. The van der Waals surface area contributed by atoms with Gasteiger partial charge in [0.2, 0.25) is 5.91 Å². The summed E-state index contributed by atoms with van der Waals surface area (Å²) in [4.78, 5) is 31.5. The average Bonchev–Trinajstić information content (AvgIpc) is 3.38. The average molecular weight is 431 g/mol. The van der Waals surface area contributed by atoms with Crippen LogP contribution in [0.4, 0.5) is 14.5 Å². The summed E-state index contributed by atoms with van der Waals surface area (Å²) in [5, 5.41) is 3.05. The van der Waals surface area contributed by atoms with Crippen molar-refractivity contribution in [2.45, 2.75) is 6.04 Å². The van der Waals surface area contributed by atoms with E-state index in [1.165, 1.54) is 47.1 Å². The Kier molecular flexibility index (Phi) is 5.59. The molecule has 0 radical (unpaired) electrons. The molecule has 1 N–H and O–H groups in total. The summed E-state index contributed by atoms with van der Waals surface area (Å²) in [6.07, 6.45) is 1.40. The maximum Gasteiger partial charge on any atom is 0.266 e. The van der Waals surface area contributed by atoms with Gasteiger partial charge in [-0.15, -0.1) is 23.1 Å². The van der Waals surface area contributed by atoms with E-state index in [1.807, 2.05) is 0 Å². The van der Waals surface area contributed by atoms with Crippen molar-refractivity contribution < 1.29 is 18.4 Å². The van der Waals surface area contributed by atoms with Crippen LogP contribution in [0, 0.1) is 11.6 Å². The second-order valence-corrected chi connectivity index (χ2v) is 8.33. The first-order chi connectivity index (χ1) is 14.0. The van der Waals surface area contributed by atoms with Gasteiger partial charge >= 0.3 is 0 Å². The van der Waals surface area contributed by atoms with E-state index in [0.717, 1.165) is 11.3 Å². The number of benzene rings is 2. The molecule has 0 saturated carbocycles. The molecular formula is C20H15F2N3O2S2. The molecule has 0 aliphatic carbocycles. The Morgan fingerprint density at radius 1 is 1.14 bits per heavy atom. The maximum atomic E-state index is 14.0. The number of hydrogen-bond acceptors (Lipinski definition) is 5. The first-order valence-electron chi connectivity index (χ1n) is 8.69. The lowest BCUT2D eigenvalue weighted by atomic mass is 10.2. The van der Waals surface area contributed by atoms with Gasteiger partial charge in [0, 0.05) is 17.0 Å². The Balaban J connectivity index is 1.51. The highest BCUT2D eigenvalue weighted by atomic mass is 32.2. The minimum atomic E-state index is -0.685. The Morgan fingerprint density at radius 3 is 2.76 bits per heavy atom. The number of carbonyl (C=O) groups excluding carboxylic acids is 2. The molecule has 1 fully saturated rings. The second kappa shape index (κ2) is 8.30. The predicted molar refractivity (Wildman–Crippen MR) is 110 cm³/mol. The van der Waals surface area contributed by atoms with E-state index in [4.69, 9.17) is 0 Å². The number of nitrogens with one attached hydrogen (secondary N) is 1. The van der Waals surface area contributed by atoms with E-state index in [0.29, 0.717) is 32.8 Å². The molecule has 2 amide bonds. The highest BCUT2D eigenvalue weighted by Crippen LogP contribution is 2.30. The number of rotatable bonds is 4. The fraction of sp³-hybridized carbons (Fsp3) is 0.150. The van der Waals surface area contributed by atoms with Crippen LogP contribution < -0.4 is 5.32 Å².